The number of aromatic nitrogens is 1. The Bertz CT molecular complexity index is 1420. The number of fused-ring (bicyclic) bond motifs is 2. The van der Waals surface area contributed by atoms with Crippen molar-refractivity contribution in [1.82, 2.24) is 21.2 Å². The van der Waals surface area contributed by atoms with Crippen LogP contribution in [0.25, 0.3) is 21.5 Å². The molecule has 0 bridgehead atoms. The number of amides is 3. The summed E-state index contributed by atoms with van der Waals surface area (Å²) in [5.74, 6) is -0.546. The van der Waals surface area contributed by atoms with Crippen LogP contribution in [0, 0.1) is 11.8 Å². The molecule has 0 unspecified atom stereocenters. The Morgan fingerprint density at radius 1 is 0.722 bits per heavy atom. The summed E-state index contributed by atoms with van der Waals surface area (Å²) in [5, 5.41) is 6.65. The maximum absolute atomic E-state index is 12.7. The third kappa shape index (κ3) is 5.05. The molecule has 1 aromatic heterocycles. The lowest BCUT2D eigenvalue weighted by Gasteiger charge is -2.28. The van der Waals surface area contributed by atoms with E-state index in [1.807, 2.05) is 66.7 Å². The average Bonchev–Trinajstić information content (AvgIpc) is 2.94. The Morgan fingerprint density at radius 3 is 2.17 bits per heavy atom. The van der Waals surface area contributed by atoms with Crippen LogP contribution >= 0.6 is 0 Å². The van der Waals surface area contributed by atoms with Gasteiger partial charge in [-0.3, -0.25) is 30.2 Å². The fourth-order valence-electron chi connectivity index (χ4n) is 4.96. The van der Waals surface area contributed by atoms with E-state index in [4.69, 9.17) is 0 Å². The molecule has 3 N–H and O–H groups in total. The number of carbonyl (C=O) groups excluding carboxylic acids is 3. The van der Waals surface area contributed by atoms with Crippen LogP contribution in [0.3, 0.4) is 0 Å². The van der Waals surface area contributed by atoms with Gasteiger partial charge in [-0.1, -0.05) is 60.7 Å². The van der Waals surface area contributed by atoms with Gasteiger partial charge in [0.25, 0.3) is 11.8 Å². The molecule has 182 valence electrons. The van der Waals surface area contributed by atoms with Gasteiger partial charge >= 0.3 is 0 Å². The van der Waals surface area contributed by atoms with Crippen LogP contribution in [-0.2, 0) is 4.79 Å². The molecule has 0 saturated heterocycles. The van der Waals surface area contributed by atoms with Crippen molar-refractivity contribution in [2.24, 2.45) is 11.8 Å². The third-order valence-electron chi connectivity index (χ3n) is 6.99. The van der Waals surface area contributed by atoms with E-state index < -0.39 is 0 Å². The third-order valence-corrected chi connectivity index (χ3v) is 6.99. The van der Waals surface area contributed by atoms with Crippen LogP contribution in [-0.4, -0.2) is 29.3 Å². The number of carbonyl (C=O) groups is 3. The lowest BCUT2D eigenvalue weighted by molar-refractivity contribution is -0.127. The van der Waals surface area contributed by atoms with Crippen LogP contribution in [0.4, 0.5) is 0 Å². The molecule has 1 heterocycles. The summed E-state index contributed by atoms with van der Waals surface area (Å²) in [7, 11) is 0. The number of benzene rings is 3. The van der Waals surface area contributed by atoms with Gasteiger partial charge in [0.2, 0.25) is 5.91 Å². The van der Waals surface area contributed by atoms with Crippen LogP contribution in [0.5, 0.6) is 0 Å². The maximum atomic E-state index is 12.7. The molecule has 0 radical (unpaired) electrons. The highest BCUT2D eigenvalue weighted by molar-refractivity contribution is 6.07. The lowest BCUT2D eigenvalue weighted by atomic mass is 9.81. The second-order valence-corrected chi connectivity index (χ2v) is 9.28. The van der Waals surface area contributed by atoms with Crippen molar-refractivity contribution in [1.29, 1.82) is 0 Å². The molecule has 0 spiro atoms. The van der Waals surface area contributed by atoms with Gasteiger partial charge in [-0.2, -0.15) is 0 Å². The minimum atomic E-state index is -0.335. The molecule has 36 heavy (non-hydrogen) atoms. The van der Waals surface area contributed by atoms with E-state index >= 15 is 0 Å². The quantitative estimate of drug-likeness (QED) is 0.369. The van der Waals surface area contributed by atoms with Crippen LogP contribution < -0.4 is 16.2 Å². The van der Waals surface area contributed by atoms with Gasteiger partial charge in [0.15, 0.2) is 0 Å². The number of pyridine rings is 1. The van der Waals surface area contributed by atoms with Crippen molar-refractivity contribution < 1.29 is 14.4 Å². The minimum Gasteiger partial charge on any atom is -0.350 e. The van der Waals surface area contributed by atoms with Gasteiger partial charge in [0.05, 0.1) is 0 Å². The second kappa shape index (κ2) is 10.6. The van der Waals surface area contributed by atoms with E-state index in [-0.39, 0.29) is 23.6 Å². The summed E-state index contributed by atoms with van der Waals surface area (Å²) < 4.78 is 0. The summed E-state index contributed by atoms with van der Waals surface area (Å²) in [5.41, 5.74) is 6.13. The molecular weight excluding hydrogens is 452 g/mol. The topological polar surface area (TPSA) is 100 Å². The van der Waals surface area contributed by atoms with Gasteiger partial charge < -0.3 is 5.32 Å². The Balaban J connectivity index is 1.09. The fraction of sp³-hybridized carbons (Fsp3) is 0.241. The van der Waals surface area contributed by atoms with E-state index in [1.54, 1.807) is 12.3 Å². The first-order valence-corrected chi connectivity index (χ1v) is 12.3. The van der Waals surface area contributed by atoms with Crippen molar-refractivity contribution >= 4 is 39.3 Å². The zero-order valence-corrected chi connectivity index (χ0v) is 19.9. The van der Waals surface area contributed by atoms with E-state index in [9.17, 15) is 14.4 Å². The number of nitrogens with one attached hydrogen (secondary N) is 3. The molecule has 3 amide bonds. The van der Waals surface area contributed by atoms with Gasteiger partial charge in [0, 0.05) is 29.6 Å². The molecular formula is C29H28N4O3. The van der Waals surface area contributed by atoms with Crippen molar-refractivity contribution in [2.75, 3.05) is 6.54 Å². The van der Waals surface area contributed by atoms with E-state index in [1.165, 1.54) is 0 Å². The Kier molecular flexibility index (Phi) is 6.89. The van der Waals surface area contributed by atoms with Crippen molar-refractivity contribution in [3.8, 4) is 0 Å². The number of rotatable bonds is 5. The van der Waals surface area contributed by atoms with E-state index in [0.717, 1.165) is 34.4 Å². The first-order chi connectivity index (χ1) is 17.6. The molecule has 1 aliphatic rings. The minimum absolute atomic E-state index is 0.162. The first kappa shape index (κ1) is 23.5. The highest BCUT2D eigenvalue weighted by Gasteiger charge is 2.27. The lowest BCUT2D eigenvalue weighted by Crippen LogP contribution is -2.45. The monoisotopic (exact) mass is 480 g/mol. The Morgan fingerprint density at radius 2 is 1.39 bits per heavy atom. The zero-order chi connectivity index (χ0) is 24.9. The van der Waals surface area contributed by atoms with Crippen LogP contribution in [0.15, 0.2) is 79.0 Å². The first-order valence-electron chi connectivity index (χ1n) is 12.3. The summed E-state index contributed by atoms with van der Waals surface area (Å²) in [6.45, 7) is 0.551. The Hall–Kier alpha value is -4.26. The van der Waals surface area contributed by atoms with Crippen molar-refractivity contribution in [3.05, 3.63) is 90.3 Å². The summed E-state index contributed by atoms with van der Waals surface area (Å²) >= 11 is 0. The normalized spacial score (nSPS) is 17.4. The van der Waals surface area contributed by atoms with Crippen LogP contribution in [0.1, 0.15) is 46.5 Å². The molecule has 0 aliphatic heterocycles. The van der Waals surface area contributed by atoms with Gasteiger partial charge in [-0.05, 0) is 59.9 Å². The number of hydrazine groups is 1. The fourth-order valence-corrected chi connectivity index (χ4v) is 4.96. The molecule has 7 heteroatoms. The highest BCUT2D eigenvalue weighted by Crippen LogP contribution is 2.28. The molecule has 0 atom stereocenters. The number of hydrogen-bond acceptors (Lipinski definition) is 4. The summed E-state index contributed by atoms with van der Waals surface area (Å²) in [6, 6.07) is 22.8. The van der Waals surface area contributed by atoms with E-state index in [0.29, 0.717) is 36.6 Å². The van der Waals surface area contributed by atoms with Gasteiger partial charge in [-0.25, -0.2) is 0 Å². The summed E-state index contributed by atoms with van der Waals surface area (Å²) in [6.07, 6.45) is 4.74. The average molecular weight is 481 g/mol. The van der Waals surface area contributed by atoms with E-state index in [2.05, 4.69) is 21.2 Å². The standard InChI is InChI=1S/C29H28N4O3/c34-27(32-33-28(35)25-11-5-8-20-6-1-3-9-23(20)25)22-14-12-19(13-15-22)18-31-29(36)26-24-10-4-2-7-21(24)16-17-30-26/h1-11,16-17,19,22H,12-15,18H2,(H,31,36)(H,32,34)(H,33,35). The predicted octanol–water partition coefficient (Wildman–Crippen LogP) is 4.39. The molecule has 7 nitrogen and oxygen atoms in total. The molecule has 3 aromatic carbocycles. The SMILES string of the molecule is O=C(NNC(=O)C1CCC(CNC(=O)c2nccc3ccccc23)CC1)c1cccc2ccccc12. The molecule has 1 aliphatic carbocycles. The van der Waals surface area contributed by atoms with Crippen molar-refractivity contribution in [2.45, 2.75) is 25.7 Å². The largest absolute Gasteiger partial charge is 0.350 e. The highest BCUT2D eigenvalue weighted by atomic mass is 16.2. The van der Waals surface area contributed by atoms with Gasteiger partial charge in [-0.15, -0.1) is 0 Å². The predicted molar refractivity (Wildman–Crippen MR) is 139 cm³/mol. The number of nitrogens with zero attached hydrogens (tertiary/aromatic N) is 1. The molecule has 5 rings (SSSR count). The molecule has 1 fully saturated rings. The Labute approximate surface area is 209 Å². The maximum Gasteiger partial charge on any atom is 0.270 e. The second-order valence-electron chi connectivity index (χ2n) is 9.28. The molecule has 4 aromatic rings. The zero-order valence-electron chi connectivity index (χ0n) is 19.9. The summed E-state index contributed by atoms with van der Waals surface area (Å²) in [4.78, 5) is 42.4. The van der Waals surface area contributed by atoms with Crippen LogP contribution in [0.2, 0.25) is 0 Å². The number of hydrogen-bond donors (Lipinski definition) is 3. The van der Waals surface area contributed by atoms with Gasteiger partial charge in [0.1, 0.15) is 5.69 Å². The van der Waals surface area contributed by atoms with Crippen molar-refractivity contribution in [3.63, 3.8) is 0 Å². The molecule has 1 saturated carbocycles. The smallest absolute Gasteiger partial charge is 0.270 e.